The summed E-state index contributed by atoms with van der Waals surface area (Å²) in [5, 5.41) is 0. The molecule has 0 unspecified atom stereocenters. The van der Waals surface area contributed by atoms with Crippen LogP contribution in [0.2, 0.25) is 0 Å². The van der Waals surface area contributed by atoms with Crippen LogP contribution < -0.4 is 4.74 Å². The molecule has 6 heteroatoms. The molecule has 0 bridgehead atoms. The Kier molecular flexibility index (Phi) is 7.34. The SMILES string of the molecule is CC(C)C1(Oc2cc([S+](c3ccccc3)c3ccccc3)ccc2SC(F)(F)F)CCCC1. The lowest BCUT2D eigenvalue weighted by Crippen LogP contribution is -2.38. The van der Waals surface area contributed by atoms with E-state index in [1.54, 1.807) is 6.07 Å². The highest BCUT2D eigenvalue weighted by molar-refractivity contribution is 8.00. The Labute approximate surface area is 201 Å². The molecule has 0 aliphatic heterocycles. The molecule has 174 valence electrons. The first kappa shape index (κ1) is 24.1. The molecule has 1 nitrogen and oxygen atoms in total. The third-order valence-electron chi connectivity index (χ3n) is 6.15. The second-order valence-electron chi connectivity index (χ2n) is 8.62. The van der Waals surface area contributed by atoms with Crippen molar-refractivity contribution in [1.82, 2.24) is 0 Å². The molecule has 1 aliphatic carbocycles. The lowest BCUT2D eigenvalue weighted by atomic mass is 9.88. The maximum absolute atomic E-state index is 13.4. The fraction of sp³-hybridized carbons (Fsp3) is 0.333. The van der Waals surface area contributed by atoms with Gasteiger partial charge in [0, 0.05) is 6.07 Å². The van der Waals surface area contributed by atoms with Crippen molar-refractivity contribution in [1.29, 1.82) is 0 Å². The van der Waals surface area contributed by atoms with E-state index in [1.165, 1.54) is 0 Å². The quantitative estimate of drug-likeness (QED) is 0.242. The number of alkyl halides is 3. The van der Waals surface area contributed by atoms with E-state index in [9.17, 15) is 13.2 Å². The van der Waals surface area contributed by atoms with Crippen LogP contribution in [0.5, 0.6) is 5.75 Å². The van der Waals surface area contributed by atoms with Crippen LogP contribution in [0.3, 0.4) is 0 Å². The van der Waals surface area contributed by atoms with Gasteiger partial charge in [-0.1, -0.05) is 50.2 Å². The monoisotopic (exact) mass is 489 g/mol. The summed E-state index contributed by atoms with van der Waals surface area (Å²) in [5.41, 5.74) is -4.79. The fourth-order valence-electron chi connectivity index (χ4n) is 4.42. The zero-order chi connectivity index (χ0) is 23.5. The van der Waals surface area contributed by atoms with Crippen LogP contribution in [-0.4, -0.2) is 11.1 Å². The number of thioether (sulfide) groups is 1. The zero-order valence-electron chi connectivity index (χ0n) is 18.8. The van der Waals surface area contributed by atoms with Crippen LogP contribution >= 0.6 is 11.8 Å². The van der Waals surface area contributed by atoms with Gasteiger partial charge in [-0.25, -0.2) is 0 Å². The zero-order valence-corrected chi connectivity index (χ0v) is 20.4. The largest absolute Gasteiger partial charge is 0.486 e. The van der Waals surface area contributed by atoms with E-state index in [0.717, 1.165) is 40.4 Å². The molecular formula is C27H28F3OS2+. The summed E-state index contributed by atoms with van der Waals surface area (Å²) in [7, 11) is -0.454. The lowest BCUT2D eigenvalue weighted by Gasteiger charge is -2.35. The topological polar surface area (TPSA) is 9.23 Å². The Morgan fingerprint density at radius 3 is 1.85 bits per heavy atom. The molecule has 0 radical (unpaired) electrons. The third kappa shape index (κ3) is 5.72. The minimum absolute atomic E-state index is 0.0887. The molecule has 33 heavy (non-hydrogen) atoms. The molecule has 0 aromatic heterocycles. The summed E-state index contributed by atoms with van der Waals surface area (Å²) >= 11 is -0.0887. The fourth-order valence-corrected chi connectivity index (χ4v) is 7.11. The summed E-state index contributed by atoms with van der Waals surface area (Å²) in [6.07, 6.45) is 3.82. The van der Waals surface area contributed by atoms with E-state index in [0.29, 0.717) is 5.75 Å². The Morgan fingerprint density at radius 2 is 1.36 bits per heavy atom. The smallest absolute Gasteiger partial charge is 0.446 e. The number of rotatable bonds is 7. The minimum Gasteiger partial charge on any atom is -0.486 e. The molecule has 3 aromatic rings. The van der Waals surface area contributed by atoms with Crippen molar-refractivity contribution in [3.63, 3.8) is 0 Å². The van der Waals surface area contributed by atoms with Crippen molar-refractivity contribution >= 4 is 22.7 Å². The molecule has 4 rings (SSSR count). The average molecular weight is 490 g/mol. The average Bonchev–Trinajstić information content (AvgIpc) is 3.26. The minimum atomic E-state index is -4.37. The number of ether oxygens (including phenoxy) is 1. The van der Waals surface area contributed by atoms with Gasteiger partial charge in [-0.2, -0.15) is 13.2 Å². The van der Waals surface area contributed by atoms with Crippen LogP contribution in [0.1, 0.15) is 39.5 Å². The molecule has 1 saturated carbocycles. The molecule has 0 amide bonds. The van der Waals surface area contributed by atoms with Crippen molar-refractivity contribution in [3.8, 4) is 5.75 Å². The second kappa shape index (κ2) is 10.1. The van der Waals surface area contributed by atoms with Crippen LogP contribution in [0.25, 0.3) is 0 Å². The van der Waals surface area contributed by atoms with Crippen LogP contribution in [0.15, 0.2) is 98.4 Å². The number of hydrogen-bond donors (Lipinski definition) is 0. The summed E-state index contributed by atoms with van der Waals surface area (Å²) < 4.78 is 46.7. The highest BCUT2D eigenvalue weighted by atomic mass is 32.2. The molecule has 1 fully saturated rings. The predicted octanol–water partition coefficient (Wildman–Crippen LogP) is 8.74. The van der Waals surface area contributed by atoms with E-state index in [-0.39, 0.29) is 22.6 Å². The summed E-state index contributed by atoms with van der Waals surface area (Å²) in [4.78, 5) is 3.31. The maximum Gasteiger partial charge on any atom is 0.446 e. The van der Waals surface area contributed by atoms with Gasteiger partial charge in [-0.05, 0) is 79.8 Å². The van der Waals surface area contributed by atoms with Gasteiger partial charge in [-0.15, -0.1) is 0 Å². The number of hydrogen-bond acceptors (Lipinski definition) is 2. The van der Waals surface area contributed by atoms with Gasteiger partial charge in [0.25, 0.3) is 0 Å². The number of halogens is 3. The molecular weight excluding hydrogens is 461 g/mol. The van der Waals surface area contributed by atoms with Gasteiger partial charge >= 0.3 is 5.51 Å². The van der Waals surface area contributed by atoms with Gasteiger partial charge in [0.15, 0.2) is 14.7 Å². The summed E-state index contributed by atoms with van der Waals surface area (Å²) in [5.74, 6) is 0.559. The molecule has 0 N–H and O–H groups in total. The first-order valence-corrected chi connectivity index (χ1v) is 13.2. The third-order valence-corrected chi connectivity index (χ3v) is 9.15. The first-order chi connectivity index (χ1) is 15.8. The summed E-state index contributed by atoms with van der Waals surface area (Å²) in [6, 6.07) is 25.5. The van der Waals surface area contributed by atoms with Gasteiger partial charge < -0.3 is 4.74 Å². The van der Waals surface area contributed by atoms with Crippen molar-refractivity contribution < 1.29 is 17.9 Å². The van der Waals surface area contributed by atoms with E-state index in [4.69, 9.17) is 4.74 Å². The Balaban J connectivity index is 1.82. The molecule has 0 spiro atoms. The summed E-state index contributed by atoms with van der Waals surface area (Å²) in [6.45, 7) is 4.20. The van der Waals surface area contributed by atoms with E-state index in [2.05, 4.69) is 38.1 Å². The Hall–Kier alpha value is -2.05. The van der Waals surface area contributed by atoms with Crippen LogP contribution in [0.4, 0.5) is 13.2 Å². The highest BCUT2D eigenvalue weighted by Gasteiger charge is 2.41. The van der Waals surface area contributed by atoms with Crippen molar-refractivity contribution in [3.05, 3.63) is 78.9 Å². The molecule has 0 saturated heterocycles. The van der Waals surface area contributed by atoms with Crippen molar-refractivity contribution in [2.45, 2.75) is 70.2 Å². The molecule has 0 atom stereocenters. The van der Waals surface area contributed by atoms with Crippen molar-refractivity contribution in [2.24, 2.45) is 5.92 Å². The Bertz CT molecular complexity index is 1010. The van der Waals surface area contributed by atoms with Gasteiger partial charge in [-0.3, -0.25) is 0 Å². The molecule has 3 aromatic carbocycles. The second-order valence-corrected chi connectivity index (χ2v) is 11.8. The maximum atomic E-state index is 13.4. The standard InChI is InChI=1S/C27H28F3OS2/c1-20(2)26(17-9-10-18-26)31-24-19-23(15-16-25(24)32-27(28,29)30)33(21-11-5-3-6-12-21)22-13-7-4-8-14-22/h3-8,11-16,19-20H,9-10,17-18H2,1-2H3/q+1. The van der Waals surface area contributed by atoms with Crippen LogP contribution in [0, 0.1) is 5.92 Å². The van der Waals surface area contributed by atoms with Gasteiger partial charge in [0.1, 0.15) is 11.4 Å². The van der Waals surface area contributed by atoms with Crippen molar-refractivity contribution in [2.75, 3.05) is 0 Å². The molecule has 1 aliphatic rings. The first-order valence-electron chi connectivity index (χ1n) is 11.2. The highest BCUT2D eigenvalue weighted by Crippen LogP contribution is 2.47. The van der Waals surface area contributed by atoms with Gasteiger partial charge in [0.05, 0.1) is 15.8 Å². The van der Waals surface area contributed by atoms with E-state index in [1.807, 2.05) is 48.5 Å². The Morgan fingerprint density at radius 1 is 0.818 bits per heavy atom. The van der Waals surface area contributed by atoms with E-state index < -0.39 is 22.0 Å². The number of benzene rings is 3. The normalized spacial score (nSPS) is 15.8. The predicted molar refractivity (Wildman–Crippen MR) is 130 cm³/mol. The van der Waals surface area contributed by atoms with E-state index >= 15 is 0 Å². The van der Waals surface area contributed by atoms with Crippen LogP contribution in [-0.2, 0) is 10.9 Å². The lowest BCUT2D eigenvalue weighted by molar-refractivity contribution is -0.0332. The molecule has 0 heterocycles. The van der Waals surface area contributed by atoms with Gasteiger partial charge in [0.2, 0.25) is 0 Å².